The fourth-order valence-electron chi connectivity index (χ4n) is 4.88. The number of sulfonamides is 1. The van der Waals surface area contributed by atoms with Crippen LogP contribution in [0.2, 0.25) is 0 Å². The molecule has 0 aliphatic carbocycles. The zero-order chi connectivity index (χ0) is 30.8. The molecule has 2 aromatic heterocycles. The molecule has 0 fully saturated rings. The van der Waals surface area contributed by atoms with Crippen LogP contribution in [-0.4, -0.2) is 60.0 Å². The maximum absolute atomic E-state index is 13.1. The number of hydrogen-bond donors (Lipinski definition) is 1. The van der Waals surface area contributed by atoms with Crippen molar-refractivity contribution in [2.24, 2.45) is 15.0 Å². The Kier molecular flexibility index (Phi) is 11.2. The van der Waals surface area contributed by atoms with Crippen LogP contribution in [0.15, 0.2) is 63.6 Å². The zero-order valence-corrected chi connectivity index (χ0v) is 26.9. The van der Waals surface area contributed by atoms with E-state index in [1.54, 1.807) is 23.0 Å². The molecular formula is C32H44N8O2S. The zero-order valence-electron chi connectivity index (χ0n) is 26.0. The second-order valence-corrected chi connectivity index (χ2v) is 12.9. The Hall–Kier alpha value is -3.86. The van der Waals surface area contributed by atoms with Crippen LogP contribution in [-0.2, 0) is 10.0 Å². The van der Waals surface area contributed by atoms with Crippen LogP contribution >= 0.6 is 0 Å². The molecule has 0 amide bonds. The smallest absolute Gasteiger partial charge is 0.253 e. The monoisotopic (exact) mass is 604 g/mol. The molecule has 0 atom stereocenters. The summed E-state index contributed by atoms with van der Waals surface area (Å²) in [6.07, 6.45) is 9.97. The molecule has 10 nitrogen and oxygen atoms in total. The van der Waals surface area contributed by atoms with Crippen molar-refractivity contribution in [3.05, 3.63) is 65.6 Å². The lowest BCUT2D eigenvalue weighted by molar-refractivity contribution is 0.588. The number of unbranched alkanes of at least 4 members (excludes halogenated alkanes) is 6. The predicted octanol–water partition coefficient (Wildman–Crippen LogP) is 6.67. The number of para-hydroxylation sites is 1. The molecule has 1 aromatic carbocycles. The molecule has 4 rings (SSSR count). The van der Waals surface area contributed by atoms with E-state index in [1.807, 2.05) is 51.2 Å². The first-order valence-corrected chi connectivity index (χ1v) is 16.9. The van der Waals surface area contributed by atoms with Gasteiger partial charge in [-0.3, -0.25) is 4.72 Å². The highest BCUT2D eigenvalue weighted by atomic mass is 32.2. The summed E-state index contributed by atoms with van der Waals surface area (Å²) < 4.78 is 30.6. The normalized spacial score (nSPS) is 14.2. The van der Waals surface area contributed by atoms with Gasteiger partial charge in [0.15, 0.2) is 5.84 Å². The van der Waals surface area contributed by atoms with Crippen LogP contribution in [0.3, 0.4) is 0 Å². The molecule has 230 valence electrons. The highest BCUT2D eigenvalue weighted by Crippen LogP contribution is 2.25. The van der Waals surface area contributed by atoms with Gasteiger partial charge in [0, 0.05) is 24.8 Å². The number of pyridine rings is 1. The number of hydrogen-bond acceptors (Lipinski definition) is 7. The number of amidine groups is 1. The van der Waals surface area contributed by atoms with Crippen LogP contribution in [0.1, 0.15) is 82.2 Å². The summed E-state index contributed by atoms with van der Waals surface area (Å²) >= 11 is 0. The van der Waals surface area contributed by atoms with Gasteiger partial charge in [0.2, 0.25) is 10.0 Å². The fraction of sp³-hybridized carbons (Fsp3) is 0.469. The summed E-state index contributed by atoms with van der Waals surface area (Å²) in [6, 6.07) is 13.0. The summed E-state index contributed by atoms with van der Waals surface area (Å²) in [5, 5.41) is 4.55. The molecule has 3 heterocycles. The topological polar surface area (TPSA) is 117 Å². The van der Waals surface area contributed by atoms with Crippen molar-refractivity contribution in [1.82, 2.24) is 14.8 Å². The molecule has 0 unspecified atom stereocenters. The van der Waals surface area contributed by atoms with E-state index in [4.69, 9.17) is 15.0 Å². The number of benzene rings is 1. The first-order chi connectivity index (χ1) is 20.7. The third kappa shape index (κ3) is 8.82. The molecule has 0 saturated heterocycles. The van der Waals surface area contributed by atoms with Gasteiger partial charge in [-0.25, -0.2) is 28.1 Å². The van der Waals surface area contributed by atoms with E-state index in [0.717, 1.165) is 62.3 Å². The number of rotatable bonds is 15. The van der Waals surface area contributed by atoms with Gasteiger partial charge in [-0.1, -0.05) is 70.6 Å². The van der Waals surface area contributed by atoms with Crippen molar-refractivity contribution in [2.45, 2.75) is 79.1 Å². The Bertz CT molecular complexity index is 1570. The Labute approximate surface area is 256 Å². The number of aryl methyl sites for hydroxylation is 2. The maximum Gasteiger partial charge on any atom is 0.253 e. The Morgan fingerprint density at radius 1 is 0.930 bits per heavy atom. The number of anilines is 2. The standard InChI is InChI=1S/C32H44N8O2S/c1-6-8-10-11-12-15-21-43(41,42)38-28-17-14-13-16-27(28)30-31(36-32(35-30)40-25(4)22-24(3)37-40)34-26-18-19-29(33-23-26)39(5)20-9-7-2/h13-14,16-19,22-23,38H,6-12,15,20-21H2,1-5H3/b34-31-. The van der Waals surface area contributed by atoms with E-state index in [0.29, 0.717) is 40.9 Å². The van der Waals surface area contributed by atoms with Gasteiger partial charge in [0.1, 0.15) is 11.5 Å². The summed E-state index contributed by atoms with van der Waals surface area (Å²) in [5.41, 5.74) is 3.85. The highest BCUT2D eigenvalue weighted by Gasteiger charge is 2.26. The molecule has 0 radical (unpaired) electrons. The average molecular weight is 605 g/mol. The second kappa shape index (κ2) is 15.0. The van der Waals surface area contributed by atoms with Crippen molar-refractivity contribution in [2.75, 3.05) is 29.0 Å². The van der Waals surface area contributed by atoms with E-state index < -0.39 is 10.0 Å². The van der Waals surface area contributed by atoms with Crippen LogP contribution in [0.5, 0.6) is 0 Å². The van der Waals surface area contributed by atoms with Crippen molar-refractivity contribution in [3.63, 3.8) is 0 Å². The Morgan fingerprint density at radius 3 is 2.37 bits per heavy atom. The highest BCUT2D eigenvalue weighted by molar-refractivity contribution is 7.92. The molecule has 1 aliphatic heterocycles. The Morgan fingerprint density at radius 2 is 1.67 bits per heavy atom. The van der Waals surface area contributed by atoms with Crippen LogP contribution in [0.25, 0.3) is 0 Å². The predicted molar refractivity (Wildman–Crippen MR) is 178 cm³/mol. The van der Waals surface area contributed by atoms with Gasteiger partial charge < -0.3 is 4.90 Å². The van der Waals surface area contributed by atoms with Crippen LogP contribution < -0.4 is 9.62 Å². The number of aromatic nitrogens is 3. The number of nitrogens with zero attached hydrogens (tertiary/aromatic N) is 7. The molecule has 1 aliphatic rings. The summed E-state index contributed by atoms with van der Waals surface area (Å²) in [7, 11) is -1.53. The maximum atomic E-state index is 13.1. The third-order valence-corrected chi connectivity index (χ3v) is 8.61. The first kappa shape index (κ1) is 32.1. The molecule has 0 spiro atoms. The lowest BCUT2D eigenvalue weighted by Gasteiger charge is -2.17. The van der Waals surface area contributed by atoms with Gasteiger partial charge in [-0.2, -0.15) is 10.1 Å². The van der Waals surface area contributed by atoms with E-state index in [1.165, 1.54) is 6.42 Å². The van der Waals surface area contributed by atoms with E-state index in [-0.39, 0.29) is 5.75 Å². The second-order valence-electron chi connectivity index (χ2n) is 11.0. The molecule has 0 bridgehead atoms. The van der Waals surface area contributed by atoms with E-state index >= 15 is 0 Å². The molecule has 43 heavy (non-hydrogen) atoms. The first-order valence-electron chi connectivity index (χ1n) is 15.3. The summed E-state index contributed by atoms with van der Waals surface area (Å²) in [6.45, 7) is 9.12. The number of aliphatic imine (C=N–C) groups is 3. The minimum atomic E-state index is -3.56. The lowest BCUT2D eigenvalue weighted by atomic mass is 10.1. The van der Waals surface area contributed by atoms with Crippen LogP contribution in [0, 0.1) is 13.8 Å². The minimum Gasteiger partial charge on any atom is -0.360 e. The third-order valence-electron chi connectivity index (χ3n) is 7.25. The van der Waals surface area contributed by atoms with Crippen molar-refractivity contribution in [1.29, 1.82) is 0 Å². The van der Waals surface area contributed by atoms with Crippen LogP contribution in [0.4, 0.5) is 17.2 Å². The Balaban J connectivity index is 1.63. The summed E-state index contributed by atoms with van der Waals surface area (Å²) in [4.78, 5) is 21.1. The van der Waals surface area contributed by atoms with E-state index in [9.17, 15) is 8.42 Å². The molecule has 1 N–H and O–H groups in total. The average Bonchev–Trinajstić information content (AvgIpc) is 3.55. The van der Waals surface area contributed by atoms with Crippen molar-refractivity contribution >= 4 is 44.7 Å². The lowest BCUT2D eigenvalue weighted by Crippen LogP contribution is -2.20. The van der Waals surface area contributed by atoms with Gasteiger partial charge in [0.25, 0.3) is 5.96 Å². The SMILES string of the molecule is CCCCCCCCS(=O)(=O)Nc1ccccc1C1=NC(n2nc(C)cc2C)=N/C1=N\c1ccc(N(C)CCCC)nc1. The number of nitrogens with one attached hydrogen (secondary N) is 1. The summed E-state index contributed by atoms with van der Waals surface area (Å²) in [5.74, 6) is 1.67. The minimum absolute atomic E-state index is 0.0686. The molecule has 11 heteroatoms. The largest absolute Gasteiger partial charge is 0.360 e. The van der Waals surface area contributed by atoms with Gasteiger partial charge >= 0.3 is 0 Å². The van der Waals surface area contributed by atoms with Gasteiger partial charge in [-0.15, -0.1) is 0 Å². The molecular weight excluding hydrogens is 560 g/mol. The van der Waals surface area contributed by atoms with Gasteiger partial charge in [-0.05, 0) is 51.0 Å². The molecule has 3 aromatic rings. The van der Waals surface area contributed by atoms with Gasteiger partial charge in [0.05, 0.1) is 29.0 Å². The van der Waals surface area contributed by atoms with Crippen molar-refractivity contribution < 1.29 is 8.42 Å². The molecule has 0 saturated carbocycles. The van der Waals surface area contributed by atoms with E-state index in [2.05, 4.69) is 33.6 Å². The quantitative estimate of drug-likeness (QED) is 0.194. The van der Waals surface area contributed by atoms with Crippen molar-refractivity contribution in [3.8, 4) is 0 Å². The fourth-order valence-corrected chi connectivity index (χ4v) is 6.08.